The highest BCUT2D eigenvalue weighted by Crippen LogP contribution is 2.06. The van der Waals surface area contributed by atoms with E-state index in [2.05, 4.69) is 0 Å². The molecule has 0 bridgehead atoms. The van der Waals surface area contributed by atoms with E-state index in [1.807, 2.05) is 26.0 Å². The van der Waals surface area contributed by atoms with Crippen LogP contribution in [0.2, 0.25) is 0 Å². The lowest BCUT2D eigenvalue weighted by Crippen LogP contribution is -2.32. The molecule has 0 fully saturated rings. The highest BCUT2D eigenvalue weighted by molar-refractivity contribution is 6.59. The highest BCUT2D eigenvalue weighted by atomic mass is 16.5. The molecule has 0 unspecified atom stereocenters. The molecule has 0 heterocycles. The first kappa shape index (κ1) is 19.3. The standard InChI is InChI=1S/C8H11BO3.C8H11BO2/c1-2-12-8-5-3-7(4-6-8)9(10)11;1-2-7-5-3-4-6-8(7)9(10)11/h3-6,10-11H,2H2,1H3;3-6,10-11H,2H2,1H3. The largest absolute Gasteiger partial charge is 0.494 e. The molecule has 4 N–H and O–H groups in total. The first-order valence-electron chi connectivity index (χ1n) is 7.52. The zero-order chi connectivity index (χ0) is 17.2. The number of aryl methyl sites for hydroxylation is 1. The maximum atomic E-state index is 8.89. The van der Waals surface area contributed by atoms with Crippen LogP contribution in [0, 0.1) is 0 Å². The van der Waals surface area contributed by atoms with Gasteiger partial charge in [-0.1, -0.05) is 43.3 Å². The van der Waals surface area contributed by atoms with Gasteiger partial charge in [0.25, 0.3) is 0 Å². The van der Waals surface area contributed by atoms with Crippen molar-refractivity contribution < 1.29 is 24.8 Å². The predicted octanol–water partition coefficient (Wildman–Crippen LogP) is -0.306. The summed E-state index contributed by atoms with van der Waals surface area (Å²) in [5.74, 6) is 0.738. The van der Waals surface area contributed by atoms with Crippen molar-refractivity contribution >= 4 is 25.2 Å². The van der Waals surface area contributed by atoms with E-state index in [1.165, 1.54) is 0 Å². The second-order valence-electron chi connectivity index (χ2n) is 4.80. The fourth-order valence-corrected chi connectivity index (χ4v) is 2.01. The molecule has 0 aliphatic rings. The molecular weight excluding hydrogens is 294 g/mol. The molecule has 0 saturated carbocycles. The summed E-state index contributed by atoms with van der Waals surface area (Å²) in [5.41, 5.74) is 2.07. The van der Waals surface area contributed by atoms with Crippen LogP contribution >= 0.6 is 0 Å². The van der Waals surface area contributed by atoms with Gasteiger partial charge in [-0.15, -0.1) is 0 Å². The Kier molecular flexibility index (Phi) is 8.43. The first-order chi connectivity index (χ1) is 11.0. The average molecular weight is 316 g/mol. The second kappa shape index (κ2) is 10.1. The summed E-state index contributed by atoms with van der Waals surface area (Å²) in [5, 5.41) is 35.3. The molecule has 23 heavy (non-hydrogen) atoms. The molecule has 0 amide bonds. The number of ether oxygens (including phenoxy) is 1. The van der Waals surface area contributed by atoms with E-state index in [4.69, 9.17) is 24.8 Å². The third-order valence-corrected chi connectivity index (χ3v) is 3.20. The smallest absolute Gasteiger partial charge is 0.488 e. The lowest BCUT2D eigenvalue weighted by molar-refractivity contribution is 0.340. The zero-order valence-electron chi connectivity index (χ0n) is 13.4. The number of benzene rings is 2. The minimum atomic E-state index is -1.40. The number of hydrogen-bond acceptors (Lipinski definition) is 5. The van der Waals surface area contributed by atoms with Crippen molar-refractivity contribution in [1.29, 1.82) is 0 Å². The van der Waals surface area contributed by atoms with Gasteiger partial charge >= 0.3 is 14.2 Å². The first-order valence-corrected chi connectivity index (χ1v) is 7.52. The Labute approximate surface area is 137 Å². The average Bonchev–Trinajstić information content (AvgIpc) is 2.56. The van der Waals surface area contributed by atoms with Crippen molar-refractivity contribution in [2.75, 3.05) is 6.61 Å². The molecular formula is C16H22B2O5. The predicted molar refractivity (Wildman–Crippen MR) is 93.1 cm³/mol. The van der Waals surface area contributed by atoms with Crippen LogP contribution < -0.4 is 15.7 Å². The van der Waals surface area contributed by atoms with Crippen LogP contribution in [0.15, 0.2) is 48.5 Å². The van der Waals surface area contributed by atoms with Crippen LogP contribution in [-0.4, -0.2) is 40.9 Å². The molecule has 0 atom stereocenters. The van der Waals surface area contributed by atoms with Gasteiger partial charge in [-0.2, -0.15) is 0 Å². The molecule has 0 aliphatic heterocycles. The van der Waals surface area contributed by atoms with Gasteiger partial charge in [0.15, 0.2) is 0 Å². The number of rotatable bonds is 5. The molecule has 0 spiro atoms. The highest BCUT2D eigenvalue weighted by Gasteiger charge is 2.13. The fourth-order valence-electron chi connectivity index (χ4n) is 2.01. The molecule has 122 valence electrons. The topological polar surface area (TPSA) is 90.2 Å². The zero-order valence-corrected chi connectivity index (χ0v) is 13.4. The van der Waals surface area contributed by atoms with Gasteiger partial charge in [0.1, 0.15) is 5.75 Å². The molecule has 2 aromatic carbocycles. The summed E-state index contributed by atoms with van der Waals surface area (Å²) in [6, 6.07) is 14.0. The van der Waals surface area contributed by atoms with E-state index < -0.39 is 14.2 Å². The lowest BCUT2D eigenvalue weighted by Gasteiger charge is -2.04. The summed E-state index contributed by atoms with van der Waals surface area (Å²) in [4.78, 5) is 0. The van der Waals surface area contributed by atoms with Crippen LogP contribution in [0.4, 0.5) is 0 Å². The maximum absolute atomic E-state index is 8.89. The Hall–Kier alpha value is -1.79. The van der Waals surface area contributed by atoms with Crippen LogP contribution in [0.5, 0.6) is 5.75 Å². The minimum Gasteiger partial charge on any atom is -0.494 e. The number of hydrogen-bond donors (Lipinski definition) is 4. The van der Waals surface area contributed by atoms with E-state index >= 15 is 0 Å². The SMILES string of the molecule is CCOc1ccc(B(O)O)cc1.CCc1ccccc1B(O)O. The van der Waals surface area contributed by atoms with Crippen molar-refractivity contribution in [2.45, 2.75) is 20.3 Å². The molecule has 0 radical (unpaired) electrons. The summed E-state index contributed by atoms with van der Waals surface area (Å²) in [6.45, 7) is 4.50. The van der Waals surface area contributed by atoms with Gasteiger partial charge in [0.2, 0.25) is 0 Å². The van der Waals surface area contributed by atoms with Crippen molar-refractivity contribution in [3.8, 4) is 5.75 Å². The van der Waals surface area contributed by atoms with Gasteiger partial charge in [0.05, 0.1) is 6.61 Å². The van der Waals surface area contributed by atoms with Gasteiger partial charge in [0, 0.05) is 0 Å². The third kappa shape index (κ3) is 6.46. The minimum absolute atomic E-state index is 0.471. The van der Waals surface area contributed by atoms with Crippen molar-refractivity contribution in [1.82, 2.24) is 0 Å². The maximum Gasteiger partial charge on any atom is 0.488 e. The van der Waals surface area contributed by atoms with E-state index in [0.717, 1.165) is 17.7 Å². The molecule has 2 aromatic rings. The Morgan fingerprint density at radius 3 is 1.87 bits per heavy atom. The van der Waals surface area contributed by atoms with Gasteiger partial charge in [-0.3, -0.25) is 0 Å². The quantitative estimate of drug-likeness (QED) is 0.569. The van der Waals surface area contributed by atoms with E-state index in [9.17, 15) is 0 Å². The van der Waals surface area contributed by atoms with Gasteiger partial charge < -0.3 is 24.8 Å². The summed E-state index contributed by atoms with van der Waals surface area (Å²) < 4.78 is 5.18. The lowest BCUT2D eigenvalue weighted by atomic mass is 9.76. The van der Waals surface area contributed by atoms with E-state index in [1.54, 1.807) is 36.4 Å². The molecule has 0 aromatic heterocycles. The fraction of sp³-hybridized carbons (Fsp3) is 0.250. The summed E-state index contributed by atoms with van der Waals surface area (Å²) in [6.07, 6.45) is 0.827. The monoisotopic (exact) mass is 316 g/mol. The summed E-state index contributed by atoms with van der Waals surface area (Å²) >= 11 is 0. The Balaban J connectivity index is 0.000000231. The molecule has 0 saturated heterocycles. The van der Waals surface area contributed by atoms with Crippen molar-refractivity contribution in [2.24, 2.45) is 0 Å². The van der Waals surface area contributed by atoms with Crippen LogP contribution in [0.3, 0.4) is 0 Å². The van der Waals surface area contributed by atoms with E-state index in [0.29, 0.717) is 17.5 Å². The molecule has 5 nitrogen and oxygen atoms in total. The molecule has 2 rings (SSSR count). The Morgan fingerprint density at radius 2 is 1.43 bits per heavy atom. The van der Waals surface area contributed by atoms with Crippen LogP contribution in [-0.2, 0) is 6.42 Å². The third-order valence-electron chi connectivity index (χ3n) is 3.20. The second-order valence-corrected chi connectivity index (χ2v) is 4.80. The Morgan fingerprint density at radius 1 is 0.826 bits per heavy atom. The van der Waals surface area contributed by atoms with Crippen molar-refractivity contribution in [3.05, 3.63) is 54.1 Å². The molecule has 7 heteroatoms. The van der Waals surface area contributed by atoms with Crippen LogP contribution in [0.25, 0.3) is 0 Å². The van der Waals surface area contributed by atoms with Gasteiger partial charge in [-0.05, 0) is 42.0 Å². The van der Waals surface area contributed by atoms with E-state index in [-0.39, 0.29) is 0 Å². The van der Waals surface area contributed by atoms with Crippen molar-refractivity contribution in [3.63, 3.8) is 0 Å². The summed E-state index contributed by atoms with van der Waals surface area (Å²) in [7, 11) is -2.74. The normalized spacial score (nSPS) is 9.65. The van der Waals surface area contributed by atoms with Crippen LogP contribution in [0.1, 0.15) is 19.4 Å². The Bertz CT molecular complexity index is 573. The molecule has 0 aliphatic carbocycles. The van der Waals surface area contributed by atoms with Gasteiger partial charge in [-0.25, -0.2) is 0 Å².